The van der Waals surface area contributed by atoms with Crippen molar-refractivity contribution in [1.29, 1.82) is 0 Å². The lowest BCUT2D eigenvalue weighted by atomic mass is 9.97. The Labute approximate surface area is 200 Å². The molecule has 3 heterocycles. The Morgan fingerprint density at radius 3 is 2.88 bits per heavy atom. The molecule has 0 fully saturated rings. The van der Waals surface area contributed by atoms with Crippen LogP contribution in [0.15, 0.2) is 57.0 Å². The fourth-order valence-corrected chi connectivity index (χ4v) is 6.49. The SMILES string of the molecule is Cc1cccc(-n2c(SCC(=O)N(C)Cc3ccco3)nc3sc4c(c3c2=O)CCCC4)c1. The molecular formula is C25H25N3O3S2. The average Bonchev–Trinajstić information content (AvgIpc) is 3.44. The smallest absolute Gasteiger partial charge is 0.267 e. The number of thiophene rings is 1. The van der Waals surface area contributed by atoms with Gasteiger partial charge < -0.3 is 9.32 Å². The van der Waals surface area contributed by atoms with Crippen LogP contribution in [-0.4, -0.2) is 33.2 Å². The Hall–Kier alpha value is -2.84. The standard InChI is InChI=1S/C25H25N3O3S2/c1-16-7-5-8-17(13-16)28-24(30)22-19-10-3-4-11-20(19)33-23(22)26-25(28)32-15-21(29)27(2)14-18-9-6-12-31-18/h5-9,12-13H,3-4,10-11,14-15H2,1-2H3. The third-order valence-corrected chi connectivity index (χ3v) is 8.05. The normalized spacial score (nSPS) is 13.3. The molecule has 3 aromatic heterocycles. The van der Waals surface area contributed by atoms with Crippen molar-refractivity contribution < 1.29 is 9.21 Å². The maximum Gasteiger partial charge on any atom is 0.267 e. The lowest BCUT2D eigenvalue weighted by Crippen LogP contribution is -2.28. The van der Waals surface area contributed by atoms with Crippen molar-refractivity contribution in [2.24, 2.45) is 0 Å². The van der Waals surface area contributed by atoms with Crippen molar-refractivity contribution in [2.75, 3.05) is 12.8 Å². The van der Waals surface area contributed by atoms with Crippen LogP contribution in [0.2, 0.25) is 0 Å². The van der Waals surface area contributed by atoms with Gasteiger partial charge in [-0.15, -0.1) is 11.3 Å². The number of hydrogen-bond donors (Lipinski definition) is 0. The van der Waals surface area contributed by atoms with Gasteiger partial charge in [-0.3, -0.25) is 14.2 Å². The highest BCUT2D eigenvalue weighted by Gasteiger charge is 2.23. The zero-order chi connectivity index (χ0) is 22.9. The number of amides is 1. The summed E-state index contributed by atoms with van der Waals surface area (Å²) < 4.78 is 7.03. The highest BCUT2D eigenvalue weighted by atomic mass is 32.2. The summed E-state index contributed by atoms with van der Waals surface area (Å²) in [4.78, 5) is 35.2. The number of aromatic nitrogens is 2. The van der Waals surface area contributed by atoms with E-state index in [-0.39, 0.29) is 17.2 Å². The Kier molecular flexibility index (Phi) is 6.12. The molecule has 6 nitrogen and oxygen atoms in total. The maximum atomic E-state index is 13.8. The molecule has 0 spiro atoms. The molecule has 0 unspecified atom stereocenters. The van der Waals surface area contributed by atoms with Gasteiger partial charge in [-0.1, -0.05) is 23.9 Å². The first kappa shape index (κ1) is 22.0. The number of hydrogen-bond acceptors (Lipinski definition) is 6. The highest BCUT2D eigenvalue weighted by Crippen LogP contribution is 2.35. The average molecular weight is 480 g/mol. The summed E-state index contributed by atoms with van der Waals surface area (Å²) in [6, 6.07) is 11.5. The summed E-state index contributed by atoms with van der Waals surface area (Å²) >= 11 is 2.94. The zero-order valence-corrected chi connectivity index (χ0v) is 20.3. The van der Waals surface area contributed by atoms with Gasteiger partial charge in [0.05, 0.1) is 29.6 Å². The largest absolute Gasteiger partial charge is 0.467 e. The number of carbonyl (C=O) groups excluding carboxylic acids is 1. The fraction of sp³-hybridized carbons (Fsp3) is 0.320. The number of thioether (sulfide) groups is 1. The number of nitrogens with zero attached hydrogens (tertiary/aromatic N) is 3. The minimum atomic E-state index is -0.0491. The summed E-state index contributed by atoms with van der Waals surface area (Å²) in [5.74, 6) is 0.870. The molecule has 1 aliphatic rings. The number of aryl methyl sites for hydroxylation is 3. The molecule has 0 bridgehead atoms. The van der Waals surface area contributed by atoms with Gasteiger partial charge >= 0.3 is 0 Å². The van der Waals surface area contributed by atoms with Crippen LogP contribution in [0.1, 0.15) is 34.6 Å². The van der Waals surface area contributed by atoms with Crippen molar-refractivity contribution in [3.8, 4) is 5.69 Å². The van der Waals surface area contributed by atoms with E-state index in [0.29, 0.717) is 11.7 Å². The van der Waals surface area contributed by atoms with E-state index in [0.717, 1.165) is 52.9 Å². The van der Waals surface area contributed by atoms with Crippen molar-refractivity contribution in [1.82, 2.24) is 14.5 Å². The van der Waals surface area contributed by atoms with Crippen LogP contribution < -0.4 is 5.56 Å². The molecule has 0 atom stereocenters. The number of benzene rings is 1. The van der Waals surface area contributed by atoms with Gasteiger partial charge in [-0.05, 0) is 68.0 Å². The first-order valence-electron chi connectivity index (χ1n) is 11.0. The molecular weight excluding hydrogens is 454 g/mol. The lowest BCUT2D eigenvalue weighted by molar-refractivity contribution is -0.127. The van der Waals surface area contributed by atoms with Gasteiger partial charge in [-0.25, -0.2) is 4.98 Å². The molecule has 0 N–H and O–H groups in total. The maximum absolute atomic E-state index is 13.8. The van der Waals surface area contributed by atoms with E-state index in [1.165, 1.54) is 22.2 Å². The van der Waals surface area contributed by atoms with E-state index in [9.17, 15) is 9.59 Å². The fourth-order valence-electron chi connectivity index (χ4n) is 4.24. The molecule has 0 saturated heterocycles. The second kappa shape index (κ2) is 9.19. The zero-order valence-electron chi connectivity index (χ0n) is 18.7. The van der Waals surface area contributed by atoms with Crippen LogP contribution in [0.3, 0.4) is 0 Å². The Morgan fingerprint density at radius 1 is 1.24 bits per heavy atom. The number of rotatable bonds is 6. The summed E-state index contributed by atoms with van der Waals surface area (Å²) in [5, 5.41) is 1.30. The third-order valence-electron chi connectivity index (χ3n) is 5.94. The highest BCUT2D eigenvalue weighted by molar-refractivity contribution is 7.99. The topological polar surface area (TPSA) is 68.3 Å². The monoisotopic (exact) mass is 479 g/mol. The molecule has 170 valence electrons. The first-order chi connectivity index (χ1) is 16.0. The second-order valence-electron chi connectivity index (χ2n) is 8.38. The van der Waals surface area contributed by atoms with Gasteiger partial charge in [0.25, 0.3) is 5.56 Å². The predicted octanol–water partition coefficient (Wildman–Crippen LogP) is 4.98. The van der Waals surface area contributed by atoms with E-state index >= 15 is 0 Å². The minimum Gasteiger partial charge on any atom is -0.467 e. The first-order valence-corrected chi connectivity index (χ1v) is 12.8. The van der Waals surface area contributed by atoms with Crippen LogP contribution >= 0.6 is 23.1 Å². The van der Waals surface area contributed by atoms with Crippen molar-refractivity contribution in [3.63, 3.8) is 0 Å². The van der Waals surface area contributed by atoms with E-state index in [2.05, 4.69) is 0 Å². The molecule has 0 radical (unpaired) electrons. The Morgan fingerprint density at radius 2 is 2.09 bits per heavy atom. The molecule has 4 aromatic rings. The third kappa shape index (κ3) is 4.37. The van der Waals surface area contributed by atoms with Crippen molar-refractivity contribution in [3.05, 3.63) is 74.8 Å². The predicted molar refractivity (Wildman–Crippen MR) is 133 cm³/mol. The quantitative estimate of drug-likeness (QED) is 0.288. The second-order valence-corrected chi connectivity index (χ2v) is 10.4. The summed E-state index contributed by atoms with van der Waals surface area (Å²) in [5.41, 5.74) is 2.98. The number of carbonyl (C=O) groups is 1. The molecule has 33 heavy (non-hydrogen) atoms. The van der Waals surface area contributed by atoms with Gasteiger partial charge in [0.1, 0.15) is 10.6 Å². The van der Waals surface area contributed by atoms with Crippen molar-refractivity contribution in [2.45, 2.75) is 44.3 Å². The summed E-state index contributed by atoms with van der Waals surface area (Å²) in [7, 11) is 1.75. The van der Waals surface area contributed by atoms with Crippen LogP contribution in [0.25, 0.3) is 15.9 Å². The minimum absolute atomic E-state index is 0.0381. The Balaban J connectivity index is 1.52. The van der Waals surface area contributed by atoms with Gasteiger partial charge in [0.2, 0.25) is 5.91 Å². The molecule has 0 aliphatic heterocycles. The summed E-state index contributed by atoms with van der Waals surface area (Å²) in [6.45, 7) is 2.41. The van der Waals surface area contributed by atoms with Crippen molar-refractivity contribution >= 4 is 39.2 Å². The van der Waals surface area contributed by atoms with Crippen LogP contribution in [0.4, 0.5) is 0 Å². The van der Waals surface area contributed by atoms with Gasteiger partial charge in [-0.2, -0.15) is 0 Å². The Bertz CT molecular complexity index is 1370. The molecule has 8 heteroatoms. The van der Waals surface area contributed by atoms with E-state index in [4.69, 9.17) is 9.40 Å². The number of fused-ring (bicyclic) bond motifs is 3. The van der Waals surface area contributed by atoms with Gasteiger partial charge in [0, 0.05) is 11.9 Å². The van der Waals surface area contributed by atoms with E-state index in [1.807, 2.05) is 43.3 Å². The van der Waals surface area contributed by atoms with Gasteiger partial charge in [0.15, 0.2) is 5.16 Å². The molecule has 0 saturated carbocycles. The molecule has 1 aromatic carbocycles. The van der Waals surface area contributed by atoms with E-state index < -0.39 is 0 Å². The molecule has 1 amide bonds. The summed E-state index contributed by atoms with van der Waals surface area (Å²) in [6.07, 6.45) is 5.81. The van der Waals surface area contributed by atoms with E-state index in [1.54, 1.807) is 34.1 Å². The molecule has 5 rings (SSSR count). The van der Waals surface area contributed by atoms with Crippen LogP contribution in [-0.2, 0) is 24.2 Å². The number of furan rings is 1. The van der Waals surface area contributed by atoms with Crippen LogP contribution in [0.5, 0.6) is 0 Å². The van der Waals surface area contributed by atoms with Crippen LogP contribution in [0, 0.1) is 6.92 Å². The molecule has 1 aliphatic carbocycles. The lowest BCUT2D eigenvalue weighted by Gasteiger charge is -2.17.